The molecule has 0 fully saturated rings. The van der Waals surface area contributed by atoms with Gasteiger partial charge in [-0.15, -0.1) is 0 Å². The highest BCUT2D eigenvalue weighted by Crippen LogP contribution is 2.29. The summed E-state index contributed by atoms with van der Waals surface area (Å²) >= 11 is 0. The van der Waals surface area contributed by atoms with Gasteiger partial charge >= 0.3 is 0 Å². The van der Waals surface area contributed by atoms with Gasteiger partial charge in [-0.2, -0.15) is 0 Å². The van der Waals surface area contributed by atoms with Crippen molar-refractivity contribution in [2.45, 2.75) is 212 Å². The van der Waals surface area contributed by atoms with E-state index in [1.54, 1.807) is 5.56 Å². The Morgan fingerprint density at radius 3 is 0.872 bits per heavy atom. The molecule has 1 aromatic carbocycles. The average molecular weight is 541 g/mol. The molecule has 0 amide bonds. The Labute approximate surface area is 247 Å². The lowest BCUT2D eigenvalue weighted by Gasteiger charge is -2.17. The first-order valence-corrected chi connectivity index (χ1v) is 18.4. The van der Waals surface area contributed by atoms with E-state index in [-0.39, 0.29) is 0 Å². The van der Waals surface area contributed by atoms with Crippen molar-refractivity contribution >= 4 is 0 Å². The van der Waals surface area contributed by atoms with Crippen LogP contribution in [-0.2, 0) is 0 Å². The number of unbranched alkanes of at least 4 members (excludes halogenated alkanes) is 26. The maximum atomic E-state index is 2.39. The Hall–Kier alpha value is -0.780. The van der Waals surface area contributed by atoms with Crippen LogP contribution in [-0.4, -0.2) is 0 Å². The van der Waals surface area contributed by atoms with E-state index in [9.17, 15) is 0 Å². The minimum atomic E-state index is 0.792. The van der Waals surface area contributed by atoms with Crippen LogP contribution in [0.25, 0.3) is 0 Å². The van der Waals surface area contributed by atoms with Crippen LogP contribution in [0.1, 0.15) is 218 Å². The fraction of sp³-hybridized carbons (Fsp3) is 0.846. The van der Waals surface area contributed by atoms with Crippen molar-refractivity contribution in [2.24, 2.45) is 0 Å². The smallest absolute Gasteiger partial charge is 0.0162 e. The van der Waals surface area contributed by atoms with Gasteiger partial charge < -0.3 is 0 Å². The molecule has 0 aliphatic carbocycles. The molecule has 0 aliphatic heterocycles. The first kappa shape index (κ1) is 36.2. The maximum absolute atomic E-state index is 2.39. The van der Waals surface area contributed by atoms with Crippen LogP contribution in [0.3, 0.4) is 0 Å². The van der Waals surface area contributed by atoms with Gasteiger partial charge in [0.25, 0.3) is 0 Å². The molecule has 0 N–H and O–H groups in total. The van der Waals surface area contributed by atoms with Crippen molar-refractivity contribution in [3.05, 3.63) is 35.9 Å². The van der Waals surface area contributed by atoms with Crippen LogP contribution >= 0.6 is 0 Å². The van der Waals surface area contributed by atoms with Gasteiger partial charge in [0.05, 0.1) is 0 Å². The Morgan fingerprint density at radius 2 is 0.590 bits per heavy atom. The Balaban J connectivity index is 1.99. The van der Waals surface area contributed by atoms with E-state index in [0.29, 0.717) is 0 Å². The average Bonchev–Trinajstić information content (AvgIpc) is 2.96. The lowest BCUT2D eigenvalue weighted by Crippen LogP contribution is -1.99. The largest absolute Gasteiger partial charge is 0.0654 e. The normalized spacial score (nSPS) is 11.6. The molecule has 0 aliphatic rings. The van der Waals surface area contributed by atoms with Gasteiger partial charge in [0.1, 0.15) is 0 Å². The Kier molecular flexibility index (Phi) is 28.1. The number of rotatable bonds is 31. The molecule has 0 heteroatoms. The van der Waals surface area contributed by atoms with Gasteiger partial charge in [-0.1, -0.05) is 224 Å². The molecule has 0 unspecified atom stereocenters. The summed E-state index contributed by atoms with van der Waals surface area (Å²) in [6, 6.07) is 11.5. The zero-order valence-corrected chi connectivity index (χ0v) is 27.2. The van der Waals surface area contributed by atoms with Gasteiger partial charge in [0.2, 0.25) is 0 Å². The maximum Gasteiger partial charge on any atom is -0.0162 e. The summed E-state index contributed by atoms with van der Waals surface area (Å²) in [7, 11) is 0. The summed E-state index contributed by atoms with van der Waals surface area (Å²) in [4.78, 5) is 0. The molecule has 0 heterocycles. The molecule has 0 atom stereocenters. The fourth-order valence-electron chi connectivity index (χ4n) is 6.37. The number of benzene rings is 1. The summed E-state index contributed by atoms with van der Waals surface area (Å²) in [5.74, 6) is 0.792. The molecular weight excluding hydrogens is 468 g/mol. The molecule has 0 aromatic heterocycles. The Bertz CT molecular complexity index is 529. The van der Waals surface area contributed by atoms with Crippen molar-refractivity contribution in [2.75, 3.05) is 0 Å². The van der Waals surface area contributed by atoms with E-state index in [0.717, 1.165) is 5.92 Å². The van der Waals surface area contributed by atoms with E-state index in [4.69, 9.17) is 0 Å². The molecular formula is C39H72. The molecule has 228 valence electrons. The standard InChI is InChI=1S/C39H72/c1-3-5-7-9-11-13-15-17-19-21-23-25-27-30-34-38(39-36-32-29-33-37-39)35-31-28-26-24-22-20-18-16-14-12-10-8-6-4-2/h29,32-33,36-38H,3-28,30-31,34-35H2,1-2H3. The second kappa shape index (κ2) is 30.2. The van der Waals surface area contributed by atoms with Gasteiger partial charge in [0.15, 0.2) is 0 Å². The molecule has 0 bridgehead atoms. The summed E-state index contributed by atoms with van der Waals surface area (Å²) in [5, 5.41) is 0. The highest BCUT2D eigenvalue weighted by atomic mass is 14.2. The summed E-state index contributed by atoms with van der Waals surface area (Å²) in [6.45, 7) is 4.62. The molecule has 0 spiro atoms. The lowest BCUT2D eigenvalue weighted by atomic mass is 9.88. The molecule has 1 aromatic rings. The molecule has 0 saturated heterocycles. The molecule has 1 rings (SSSR count). The fourth-order valence-corrected chi connectivity index (χ4v) is 6.37. The van der Waals surface area contributed by atoms with Crippen LogP contribution < -0.4 is 0 Å². The minimum absolute atomic E-state index is 0.792. The van der Waals surface area contributed by atoms with Crippen LogP contribution in [0, 0.1) is 0 Å². The van der Waals surface area contributed by atoms with Gasteiger partial charge in [0, 0.05) is 0 Å². The Morgan fingerprint density at radius 1 is 0.333 bits per heavy atom. The van der Waals surface area contributed by atoms with Crippen molar-refractivity contribution in [1.82, 2.24) is 0 Å². The van der Waals surface area contributed by atoms with E-state index in [1.165, 1.54) is 193 Å². The van der Waals surface area contributed by atoms with E-state index >= 15 is 0 Å². The molecule has 39 heavy (non-hydrogen) atoms. The van der Waals surface area contributed by atoms with Crippen molar-refractivity contribution < 1.29 is 0 Å². The van der Waals surface area contributed by atoms with Crippen LogP contribution in [0.2, 0.25) is 0 Å². The van der Waals surface area contributed by atoms with E-state index < -0.39 is 0 Å². The van der Waals surface area contributed by atoms with Crippen molar-refractivity contribution in [3.8, 4) is 0 Å². The third kappa shape index (κ3) is 24.7. The number of hydrogen-bond donors (Lipinski definition) is 0. The summed E-state index contributed by atoms with van der Waals surface area (Å²) < 4.78 is 0. The summed E-state index contributed by atoms with van der Waals surface area (Å²) in [5.41, 5.74) is 1.60. The second-order valence-electron chi connectivity index (χ2n) is 12.9. The zero-order valence-electron chi connectivity index (χ0n) is 27.2. The predicted molar refractivity (Wildman–Crippen MR) is 179 cm³/mol. The quantitative estimate of drug-likeness (QED) is 0.0821. The molecule has 0 nitrogen and oxygen atoms in total. The van der Waals surface area contributed by atoms with Crippen molar-refractivity contribution in [3.63, 3.8) is 0 Å². The van der Waals surface area contributed by atoms with Crippen LogP contribution in [0.5, 0.6) is 0 Å². The first-order chi connectivity index (χ1) is 19.4. The lowest BCUT2D eigenvalue weighted by molar-refractivity contribution is 0.479. The molecule has 0 saturated carbocycles. The molecule has 0 radical (unpaired) electrons. The van der Waals surface area contributed by atoms with Gasteiger partial charge in [-0.3, -0.25) is 0 Å². The monoisotopic (exact) mass is 541 g/mol. The van der Waals surface area contributed by atoms with Crippen LogP contribution in [0.15, 0.2) is 30.3 Å². The number of hydrogen-bond acceptors (Lipinski definition) is 0. The minimum Gasteiger partial charge on any atom is -0.0654 e. The van der Waals surface area contributed by atoms with E-state index in [1.807, 2.05) is 0 Å². The zero-order chi connectivity index (χ0) is 27.9. The second-order valence-corrected chi connectivity index (χ2v) is 12.9. The first-order valence-electron chi connectivity index (χ1n) is 18.4. The van der Waals surface area contributed by atoms with E-state index in [2.05, 4.69) is 44.2 Å². The SMILES string of the molecule is CCCCCCCCCCCCCCCCC(CCCCCCCCCCCCCCCC)c1ccccc1. The van der Waals surface area contributed by atoms with Gasteiger partial charge in [-0.05, 0) is 24.3 Å². The summed E-state index contributed by atoms with van der Waals surface area (Å²) in [6.07, 6.45) is 43.5. The highest BCUT2D eigenvalue weighted by Gasteiger charge is 2.11. The topological polar surface area (TPSA) is 0 Å². The van der Waals surface area contributed by atoms with Crippen LogP contribution in [0.4, 0.5) is 0 Å². The van der Waals surface area contributed by atoms with Gasteiger partial charge in [-0.25, -0.2) is 0 Å². The van der Waals surface area contributed by atoms with Crippen molar-refractivity contribution in [1.29, 1.82) is 0 Å². The highest BCUT2D eigenvalue weighted by molar-refractivity contribution is 5.19. The third-order valence-corrected chi connectivity index (χ3v) is 9.08. The third-order valence-electron chi connectivity index (χ3n) is 9.08. The predicted octanol–water partition coefficient (Wildman–Crippen LogP) is 14.5.